The minimum absolute atomic E-state index is 0.199. The molecule has 0 radical (unpaired) electrons. The Labute approximate surface area is 112 Å². The maximum absolute atomic E-state index is 11.4. The first-order chi connectivity index (χ1) is 8.38. The molecule has 5 nitrogen and oxygen atoms in total. The molecule has 0 fully saturated rings. The highest BCUT2D eigenvalue weighted by Crippen LogP contribution is 2.13. The van der Waals surface area contributed by atoms with E-state index in [4.69, 9.17) is 4.74 Å². The number of carbonyl (C=O) groups is 1. The smallest absolute Gasteiger partial charge is 0.407 e. The number of ether oxygens (including phenoxy) is 1. The van der Waals surface area contributed by atoms with Crippen LogP contribution in [0.2, 0.25) is 0 Å². The Morgan fingerprint density at radius 1 is 1.50 bits per heavy atom. The van der Waals surface area contributed by atoms with Crippen LogP contribution in [0.3, 0.4) is 0 Å². The van der Waals surface area contributed by atoms with Gasteiger partial charge >= 0.3 is 6.09 Å². The molecule has 1 atom stereocenters. The summed E-state index contributed by atoms with van der Waals surface area (Å²) in [6.07, 6.45) is 1.41. The molecule has 0 bridgehead atoms. The number of aromatic nitrogens is 1. The summed E-state index contributed by atoms with van der Waals surface area (Å²) < 4.78 is 5.13. The van der Waals surface area contributed by atoms with E-state index in [9.17, 15) is 4.79 Å². The fraction of sp³-hybridized carbons (Fsp3) is 0.667. The third-order valence-corrected chi connectivity index (χ3v) is 3.02. The van der Waals surface area contributed by atoms with Gasteiger partial charge in [0.15, 0.2) is 0 Å². The van der Waals surface area contributed by atoms with Crippen LogP contribution in [0.15, 0.2) is 11.6 Å². The van der Waals surface area contributed by atoms with E-state index >= 15 is 0 Å². The van der Waals surface area contributed by atoms with Crippen LogP contribution in [0.25, 0.3) is 0 Å². The van der Waals surface area contributed by atoms with E-state index < -0.39 is 5.60 Å². The highest BCUT2D eigenvalue weighted by molar-refractivity contribution is 7.09. The monoisotopic (exact) mass is 271 g/mol. The average Bonchev–Trinajstić information content (AvgIpc) is 2.74. The van der Waals surface area contributed by atoms with E-state index in [0.29, 0.717) is 13.1 Å². The van der Waals surface area contributed by atoms with E-state index in [0.717, 1.165) is 5.01 Å². The van der Waals surface area contributed by atoms with E-state index in [1.165, 1.54) is 0 Å². The predicted octanol–water partition coefficient (Wildman–Crippen LogP) is 2.32. The molecule has 102 valence electrons. The molecule has 6 heteroatoms. The van der Waals surface area contributed by atoms with Crippen LogP contribution >= 0.6 is 11.3 Å². The van der Waals surface area contributed by atoms with Gasteiger partial charge in [0.2, 0.25) is 0 Å². The number of carbonyl (C=O) groups excluding carboxylic acids is 1. The molecule has 0 aliphatic heterocycles. The zero-order chi connectivity index (χ0) is 13.6. The van der Waals surface area contributed by atoms with Crippen molar-refractivity contribution in [2.75, 3.05) is 13.1 Å². The van der Waals surface area contributed by atoms with Crippen molar-refractivity contribution in [3.8, 4) is 0 Å². The Hall–Kier alpha value is -1.14. The van der Waals surface area contributed by atoms with Crippen LogP contribution in [-0.2, 0) is 4.74 Å². The molecule has 1 heterocycles. The lowest BCUT2D eigenvalue weighted by molar-refractivity contribution is 0.0528. The number of alkyl carbamates (subject to hydrolysis) is 1. The molecule has 0 aromatic carbocycles. The van der Waals surface area contributed by atoms with Gasteiger partial charge in [-0.15, -0.1) is 11.3 Å². The van der Waals surface area contributed by atoms with Crippen LogP contribution in [0.4, 0.5) is 4.79 Å². The van der Waals surface area contributed by atoms with Crippen molar-refractivity contribution in [3.05, 3.63) is 16.6 Å². The van der Waals surface area contributed by atoms with Crippen LogP contribution in [0.1, 0.15) is 38.7 Å². The van der Waals surface area contributed by atoms with E-state index in [2.05, 4.69) is 15.6 Å². The number of hydrogen-bond acceptors (Lipinski definition) is 5. The van der Waals surface area contributed by atoms with Crippen LogP contribution in [0.5, 0.6) is 0 Å². The van der Waals surface area contributed by atoms with Gasteiger partial charge in [0.25, 0.3) is 0 Å². The quantitative estimate of drug-likeness (QED) is 0.807. The summed E-state index contributed by atoms with van der Waals surface area (Å²) in [6, 6.07) is 0.199. The number of hydrogen-bond donors (Lipinski definition) is 2. The summed E-state index contributed by atoms with van der Waals surface area (Å²) in [6.45, 7) is 8.79. The van der Waals surface area contributed by atoms with Crippen LogP contribution in [0, 0.1) is 0 Å². The van der Waals surface area contributed by atoms with Gasteiger partial charge in [-0.2, -0.15) is 0 Å². The van der Waals surface area contributed by atoms with Crippen LogP contribution < -0.4 is 10.6 Å². The zero-order valence-electron chi connectivity index (χ0n) is 11.3. The molecule has 0 spiro atoms. The van der Waals surface area contributed by atoms with Gasteiger partial charge in [-0.3, -0.25) is 0 Å². The summed E-state index contributed by atoms with van der Waals surface area (Å²) in [5.74, 6) is 0. The second kappa shape index (κ2) is 6.70. The minimum Gasteiger partial charge on any atom is -0.444 e. The molecule has 1 aromatic rings. The van der Waals surface area contributed by atoms with Gasteiger partial charge in [0.05, 0.1) is 6.04 Å². The van der Waals surface area contributed by atoms with Crippen molar-refractivity contribution < 1.29 is 9.53 Å². The molecule has 0 aliphatic carbocycles. The molecule has 0 aliphatic rings. The molecule has 0 saturated carbocycles. The highest BCUT2D eigenvalue weighted by Gasteiger charge is 2.15. The molecule has 1 rings (SSSR count). The van der Waals surface area contributed by atoms with Crippen molar-refractivity contribution in [1.82, 2.24) is 15.6 Å². The molecule has 0 saturated heterocycles. The fourth-order valence-electron chi connectivity index (χ4n) is 1.30. The second-order valence-electron chi connectivity index (χ2n) is 4.97. The molecular formula is C12H21N3O2S. The third-order valence-electron chi connectivity index (χ3n) is 2.07. The Balaban J connectivity index is 2.14. The lowest BCUT2D eigenvalue weighted by Crippen LogP contribution is -2.36. The molecule has 18 heavy (non-hydrogen) atoms. The Kier molecular flexibility index (Phi) is 5.55. The summed E-state index contributed by atoms with van der Waals surface area (Å²) >= 11 is 1.62. The lowest BCUT2D eigenvalue weighted by atomic mass is 10.2. The van der Waals surface area contributed by atoms with Crippen LogP contribution in [-0.4, -0.2) is 29.8 Å². The van der Waals surface area contributed by atoms with Gasteiger partial charge in [0.1, 0.15) is 10.6 Å². The van der Waals surface area contributed by atoms with Crippen molar-refractivity contribution in [2.24, 2.45) is 0 Å². The fourth-order valence-corrected chi connectivity index (χ4v) is 1.97. The first-order valence-electron chi connectivity index (χ1n) is 5.98. The number of thiazole rings is 1. The lowest BCUT2D eigenvalue weighted by Gasteiger charge is -2.20. The average molecular weight is 271 g/mol. The summed E-state index contributed by atoms with van der Waals surface area (Å²) in [5.41, 5.74) is -0.453. The SMILES string of the molecule is CC(NCCNC(=O)OC(C)(C)C)c1nccs1. The first-order valence-corrected chi connectivity index (χ1v) is 6.86. The van der Waals surface area contributed by atoms with Gasteiger partial charge in [0, 0.05) is 24.7 Å². The van der Waals surface area contributed by atoms with Crippen molar-refractivity contribution in [3.63, 3.8) is 0 Å². The Morgan fingerprint density at radius 3 is 2.78 bits per heavy atom. The summed E-state index contributed by atoms with van der Waals surface area (Å²) in [5, 5.41) is 8.98. The largest absolute Gasteiger partial charge is 0.444 e. The Morgan fingerprint density at radius 2 is 2.22 bits per heavy atom. The predicted molar refractivity (Wildman–Crippen MR) is 72.8 cm³/mol. The summed E-state index contributed by atoms with van der Waals surface area (Å²) in [7, 11) is 0. The van der Waals surface area contributed by atoms with E-state index in [1.54, 1.807) is 17.5 Å². The van der Waals surface area contributed by atoms with Gasteiger partial charge in [-0.05, 0) is 27.7 Å². The van der Waals surface area contributed by atoms with Gasteiger partial charge in [-0.25, -0.2) is 9.78 Å². The normalized spacial score (nSPS) is 13.1. The second-order valence-corrected chi connectivity index (χ2v) is 5.90. The molecule has 2 N–H and O–H groups in total. The maximum Gasteiger partial charge on any atom is 0.407 e. The van der Waals surface area contributed by atoms with Gasteiger partial charge in [-0.1, -0.05) is 0 Å². The number of amides is 1. The maximum atomic E-state index is 11.4. The molecule has 1 amide bonds. The summed E-state index contributed by atoms with van der Waals surface area (Å²) in [4.78, 5) is 15.6. The van der Waals surface area contributed by atoms with E-state index in [1.807, 2.05) is 33.1 Å². The number of nitrogens with zero attached hydrogens (tertiary/aromatic N) is 1. The highest BCUT2D eigenvalue weighted by atomic mass is 32.1. The minimum atomic E-state index is -0.453. The van der Waals surface area contributed by atoms with Crippen molar-refractivity contribution >= 4 is 17.4 Å². The molecule has 1 unspecified atom stereocenters. The first kappa shape index (κ1) is 14.9. The molecular weight excluding hydrogens is 250 g/mol. The third kappa shape index (κ3) is 5.97. The topological polar surface area (TPSA) is 63.2 Å². The van der Waals surface area contributed by atoms with E-state index in [-0.39, 0.29) is 12.1 Å². The standard InChI is InChI=1S/C12H21N3O2S/c1-9(10-14-7-8-18-10)13-5-6-15-11(16)17-12(2,3)4/h7-9,13H,5-6H2,1-4H3,(H,15,16). The van der Waals surface area contributed by atoms with Gasteiger partial charge < -0.3 is 15.4 Å². The van der Waals surface area contributed by atoms with Crippen molar-refractivity contribution in [2.45, 2.75) is 39.3 Å². The number of nitrogens with one attached hydrogen (secondary N) is 2. The number of rotatable bonds is 5. The zero-order valence-corrected chi connectivity index (χ0v) is 12.1. The van der Waals surface area contributed by atoms with Crippen molar-refractivity contribution in [1.29, 1.82) is 0 Å². The Bertz CT molecular complexity index is 360. The molecule has 1 aromatic heterocycles.